The Kier molecular flexibility index (Phi) is 2.67. The number of rotatable bonds is 2. The number of carbonyl (C=O) groups is 3. The van der Waals surface area contributed by atoms with Crippen molar-refractivity contribution in [1.82, 2.24) is 0 Å². The molecule has 5 heteroatoms. The first-order valence-electron chi connectivity index (χ1n) is 5.14. The van der Waals surface area contributed by atoms with Crippen LogP contribution >= 0.6 is 0 Å². The predicted molar refractivity (Wildman–Crippen MR) is 60.1 cm³/mol. The SMILES string of the molecule is Cc1cc(C(=O)O)cc(N2CC(=O)CC2=O)c1. The van der Waals surface area contributed by atoms with Gasteiger partial charge in [0, 0.05) is 5.69 Å². The number of aromatic carboxylic acids is 1. The minimum absolute atomic E-state index is 0.0291. The molecular weight excluding hydrogens is 222 g/mol. The van der Waals surface area contributed by atoms with E-state index >= 15 is 0 Å². The highest BCUT2D eigenvalue weighted by molar-refractivity contribution is 6.15. The Hall–Kier alpha value is -2.17. The Morgan fingerprint density at radius 1 is 1.29 bits per heavy atom. The smallest absolute Gasteiger partial charge is 0.335 e. The minimum Gasteiger partial charge on any atom is -0.478 e. The number of carboxylic acid groups (broad SMARTS) is 1. The van der Waals surface area contributed by atoms with Gasteiger partial charge in [0.2, 0.25) is 5.91 Å². The van der Waals surface area contributed by atoms with E-state index in [0.29, 0.717) is 5.69 Å². The maximum Gasteiger partial charge on any atom is 0.335 e. The molecule has 0 saturated carbocycles. The van der Waals surface area contributed by atoms with Gasteiger partial charge in [0.1, 0.15) is 0 Å². The molecule has 1 amide bonds. The number of benzene rings is 1. The van der Waals surface area contributed by atoms with Gasteiger partial charge in [0.05, 0.1) is 18.5 Å². The average Bonchev–Trinajstić information content (AvgIpc) is 2.57. The molecule has 17 heavy (non-hydrogen) atoms. The normalized spacial score (nSPS) is 15.5. The number of carboxylic acids is 1. The van der Waals surface area contributed by atoms with E-state index < -0.39 is 5.97 Å². The summed E-state index contributed by atoms with van der Waals surface area (Å²) in [7, 11) is 0. The summed E-state index contributed by atoms with van der Waals surface area (Å²) >= 11 is 0. The van der Waals surface area contributed by atoms with E-state index in [1.807, 2.05) is 0 Å². The van der Waals surface area contributed by atoms with Crippen LogP contribution < -0.4 is 4.90 Å². The summed E-state index contributed by atoms with van der Waals surface area (Å²) in [5.74, 6) is -1.47. The van der Waals surface area contributed by atoms with E-state index in [9.17, 15) is 14.4 Å². The molecule has 0 aliphatic carbocycles. The zero-order valence-corrected chi connectivity index (χ0v) is 9.27. The largest absolute Gasteiger partial charge is 0.478 e. The number of nitrogens with zero attached hydrogens (tertiary/aromatic N) is 1. The number of hydrogen-bond donors (Lipinski definition) is 1. The zero-order valence-electron chi connectivity index (χ0n) is 9.27. The molecule has 1 aromatic carbocycles. The van der Waals surface area contributed by atoms with Crippen LogP contribution in [0.1, 0.15) is 22.3 Å². The van der Waals surface area contributed by atoms with Gasteiger partial charge in [0.15, 0.2) is 5.78 Å². The van der Waals surface area contributed by atoms with Crippen LogP contribution in [0.4, 0.5) is 5.69 Å². The van der Waals surface area contributed by atoms with Gasteiger partial charge in [-0.15, -0.1) is 0 Å². The second-order valence-electron chi connectivity index (χ2n) is 4.06. The first-order valence-corrected chi connectivity index (χ1v) is 5.14. The van der Waals surface area contributed by atoms with Gasteiger partial charge in [-0.2, -0.15) is 0 Å². The fraction of sp³-hybridized carbons (Fsp3) is 0.250. The second kappa shape index (κ2) is 4.01. The van der Waals surface area contributed by atoms with Crippen molar-refractivity contribution < 1.29 is 19.5 Å². The molecule has 1 aromatic rings. The molecule has 88 valence electrons. The van der Waals surface area contributed by atoms with E-state index in [-0.39, 0.29) is 30.2 Å². The van der Waals surface area contributed by atoms with E-state index in [1.54, 1.807) is 13.0 Å². The predicted octanol–water partition coefficient (Wildman–Crippen LogP) is 0.999. The van der Waals surface area contributed by atoms with Crippen molar-refractivity contribution in [3.05, 3.63) is 29.3 Å². The number of anilines is 1. The first-order chi connectivity index (χ1) is 7.97. The van der Waals surface area contributed by atoms with Crippen LogP contribution in [0, 0.1) is 6.92 Å². The van der Waals surface area contributed by atoms with Crippen molar-refractivity contribution in [3.8, 4) is 0 Å². The van der Waals surface area contributed by atoms with Crippen LogP contribution in [0.25, 0.3) is 0 Å². The zero-order chi connectivity index (χ0) is 12.6. The summed E-state index contributed by atoms with van der Waals surface area (Å²) < 4.78 is 0. The number of aryl methyl sites for hydroxylation is 1. The summed E-state index contributed by atoms with van der Waals surface area (Å²) in [5, 5.41) is 8.92. The summed E-state index contributed by atoms with van der Waals surface area (Å²) in [6.45, 7) is 1.78. The molecule has 1 fully saturated rings. The van der Waals surface area contributed by atoms with Gasteiger partial charge in [-0.25, -0.2) is 4.79 Å². The van der Waals surface area contributed by atoms with Gasteiger partial charge >= 0.3 is 5.97 Å². The van der Waals surface area contributed by atoms with Gasteiger partial charge in [-0.05, 0) is 30.7 Å². The van der Waals surface area contributed by atoms with Gasteiger partial charge in [-0.3, -0.25) is 9.59 Å². The Morgan fingerprint density at radius 2 is 2.00 bits per heavy atom. The molecule has 1 aliphatic heterocycles. The third kappa shape index (κ3) is 2.18. The molecule has 0 unspecified atom stereocenters. The molecule has 0 bridgehead atoms. The molecule has 1 saturated heterocycles. The van der Waals surface area contributed by atoms with Crippen molar-refractivity contribution in [2.24, 2.45) is 0 Å². The Bertz CT molecular complexity index is 521. The lowest BCUT2D eigenvalue weighted by atomic mass is 10.1. The molecular formula is C12H11NO4. The standard InChI is InChI=1S/C12H11NO4/c1-7-2-8(12(16)17)4-9(3-7)13-6-10(14)5-11(13)15/h2-4H,5-6H2,1H3,(H,16,17). The van der Waals surface area contributed by atoms with E-state index in [4.69, 9.17) is 5.11 Å². The highest BCUT2D eigenvalue weighted by Crippen LogP contribution is 2.23. The average molecular weight is 233 g/mol. The van der Waals surface area contributed by atoms with Gasteiger partial charge < -0.3 is 10.0 Å². The first kappa shape index (κ1) is 11.3. The topological polar surface area (TPSA) is 74.7 Å². The van der Waals surface area contributed by atoms with Crippen LogP contribution in [-0.2, 0) is 9.59 Å². The Balaban J connectivity index is 2.42. The molecule has 1 heterocycles. The van der Waals surface area contributed by atoms with E-state index in [2.05, 4.69) is 0 Å². The molecule has 0 radical (unpaired) electrons. The van der Waals surface area contributed by atoms with Crippen LogP contribution in [0.3, 0.4) is 0 Å². The Labute approximate surface area is 97.7 Å². The minimum atomic E-state index is -1.05. The highest BCUT2D eigenvalue weighted by atomic mass is 16.4. The van der Waals surface area contributed by atoms with Crippen molar-refractivity contribution in [2.45, 2.75) is 13.3 Å². The van der Waals surface area contributed by atoms with Crippen molar-refractivity contribution in [1.29, 1.82) is 0 Å². The third-order valence-corrected chi connectivity index (χ3v) is 2.60. The number of ketones is 1. The van der Waals surface area contributed by atoms with E-state index in [1.165, 1.54) is 17.0 Å². The molecule has 5 nitrogen and oxygen atoms in total. The molecule has 0 aromatic heterocycles. The monoisotopic (exact) mass is 233 g/mol. The molecule has 0 spiro atoms. The molecule has 1 N–H and O–H groups in total. The van der Waals surface area contributed by atoms with Crippen molar-refractivity contribution in [3.63, 3.8) is 0 Å². The fourth-order valence-corrected chi connectivity index (χ4v) is 1.86. The Morgan fingerprint density at radius 3 is 2.53 bits per heavy atom. The molecule has 2 rings (SSSR count). The lowest BCUT2D eigenvalue weighted by Crippen LogP contribution is -2.24. The van der Waals surface area contributed by atoms with Crippen LogP contribution in [-0.4, -0.2) is 29.3 Å². The summed E-state index contributed by atoms with van der Waals surface area (Å²) in [5.41, 5.74) is 1.33. The lowest BCUT2D eigenvalue weighted by Gasteiger charge is -2.16. The summed E-state index contributed by atoms with van der Waals surface area (Å²) in [4.78, 5) is 34.9. The van der Waals surface area contributed by atoms with Crippen LogP contribution in [0.2, 0.25) is 0 Å². The van der Waals surface area contributed by atoms with Gasteiger partial charge in [0.25, 0.3) is 0 Å². The third-order valence-electron chi connectivity index (χ3n) is 2.60. The number of amides is 1. The fourth-order valence-electron chi connectivity index (χ4n) is 1.86. The number of hydrogen-bond acceptors (Lipinski definition) is 3. The second-order valence-corrected chi connectivity index (χ2v) is 4.06. The quantitative estimate of drug-likeness (QED) is 0.773. The van der Waals surface area contributed by atoms with Crippen molar-refractivity contribution >= 4 is 23.3 Å². The van der Waals surface area contributed by atoms with Crippen LogP contribution in [0.15, 0.2) is 18.2 Å². The maximum absolute atomic E-state index is 11.5. The lowest BCUT2D eigenvalue weighted by molar-refractivity contribution is -0.121. The number of carbonyl (C=O) groups excluding carboxylic acids is 2. The van der Waals surface area contributed by atoms with Crippen LogP contribution in [0.5, 0.6) is 0 Å². The summed E-state index contributed by atoms with van der Waals surface area (Å²) in [6, 6.07) is 4.63. The molecule has 0 atom stereocenters. The highest BCUT2D eigenvalue weighted by Gasteiger charge is 2.29. The van der Waals surface area contributed by atoms with Gasteiger partial charge in [-0.1, -0.05) is 0 Å². The maximum atomic E-state index is 11.5. The number of Topliss-reactive ketones (excluding diaryl/α,β-unsaturated/α-hetero) is 1. The van der Waals surface area contributed by atoms with E-state index in [0.717, 1.165) is 5.56 Å². The molecule has 1 aliphatic rings. The van der Waals surface area contributed by atoms with Crippen molar-refractivity contribution in [2.75, 3.05) is 11.4 Å². The summed E-state index contributed by atoms with van der Waals surface area (Å²) in [6.07, 6.45) is -0.101.